The van der Waals surface area contributed by atoms with E-state index >= 15 is 0 Å². The molecule has 7 heteroatoms. The number of amides is 1. The van der Waals surface area contributed by atoms with Gasteiger partial charge in [0.25, 0.3) is 5.91 Å². The van der Waals surface area contributed by atoms with Crippen molar-refractivity contribution in [3.63, 3.8) is 0 Å². The lowest BCUT2D eigenvalue weighted by Gasteiger charge is -2.14. The van der Waals surface area contributed by atoms with Crippen LogP contribution in [0.15, 0.2) is 42.5 Å². The molecule has 3 aromatic carbocycles. The molecular weight excluding hydrogens is 514 g/mol. The van der Waals surface area contributed by atoms with E-state index in [1.807, 2.05) is 13.8 Å². The molecular formula is C34H39N3O4. The molecule has 0 unspecified atom stereocenters. The lowest BCUT2D eigenvalue weighted by molar-refractivity contribution is -0.143. The third-order valence-corrected chi connectivity index (χ3v) is 8.33. The average molecular weight is 554 g/mol. The Labute approximate surface area is 241 Å². The van der Waals surface area contributed by atoms with Gasteiger partial charge >= 0.3 is 5.97 Å². The van der Waals surface area contributed by atoms with Crippen molar-refractivity contribution >= 4 is 33.7 Å². The zero-order valence-corrected chi connectivity index (χ0v) is 24.1. The third-order valence-electron chi connectivity index (χ3n) is 8.33. The van der Waals surface area contributed by atoms with Crippen LogP contribution in [0.25, 0.3) is 32.9 Å². The second-order valence-electron chi connectivity index (χ2n) is 11.5. The highest BCUT2D eigenvalue weighted by Gasteiger charge is 2.35. The number of fused-ring (bicyclic) bond motifs is 10. The van der Waals surface area contributed by atoms with Gasteiger partial charge in [-0.2, -0.15) is 0 Å². The van der Waals surface area contributed by atoms with Gasteiger partial charge in [0.05, 0.1) is 30.4 Å². The number of esters is 1. The van der Waals surface area contributed by atoms with Crippen LogP contribution < -0.4 is 11.1 Å². The first-order valence-corrected chi connectivity index (χ1v) is 14.9. The van der Waals surface area contributed by atoms with Gasteiger partial charge in [-0.15, -0.1) is 0 Å². The second-order valence-corrected chi connectivity index (χ2v) is 11.5. The largest absolute Gasteiger partial charge is 0.466 e. The van der Waals surface area contributed by atoms with Crippen molar-refractivity contribution < 1.29 is 19.1 Å². The zero-order valence-electron chi connectivity index (χ0n) is 24.1. The van der Waals surface area contributed by atoms with Crippen molar-refractivity contribution in [2.75, 3.05) is 13.2 Å². The van der Waals surface area contributed by atoms with Gasteiger partial charge in [-0.25, -0.2) is 0 Å². The van der Waals surface area contributed by atoms with Crippen LogP contribution in [0.5, 0.6) is 0 Å². The maximum atomic E-state index is 13.3. The van der Waals surface area contributed by atoms with Crippen molar-refractivity contribution in [1.82, 2.24) is 9.88 Å². The fourth-order valence-electron chi connectivity index (χ4n) is 6.48. The van der Waals surface area contributed by atoms with E-state index in [2.05, 4.69) is 52.3 Å². The molecule has 0 spiro atoms. The van der Waals surface area contributed by atoms with Crippen LogP contribution in [0, 0.1) is 0 Å². The number of nitrogens with two attached hydrogens (primary N) is 1. The zero-order chi connectivity index (χ0) is 28.5. The quantitative estimate of drug-likeness (QED) is 0.146. The molecule has 4 aromatic rings. The number of nitrogens with one attached hydrogen (secondary N) is 1. The van der Waals surface area contributed by atoms with E-state index in [1.165, 1.54) is 16.6 Å². The van der Waals surface area contributed by atoms with Gasteiger partial charge in [-0.05, 0) is 79.6 Å². The number of benzene rings is 3. The summed E-state index contributed by atoms with van der Waals surface area (Å²) in [6.07, 6.45) is 4.79. The first-order chi connectivity index (χ1) is 20.0. The number of carbonyl (C=O) groups is 2. The van der Waals surface area contributed by atoms with Crippen LogP contribution in [0.1, 0.15) is 78.6 Å². The summed E-state index contributed by atoms with van der Waals surface area (Å²) in [6, 6.07) is 15.0. The van der Waals surface area contributed by atoms with Crippen molar-refractivity contribution in [2.45, 2.75) is 78.2 Å². The Bertz CT molecular complexity index is 1630. The Balaban J connectivity index is 1.41. The number of hydrogen-bond acceptors (Lipinski definition) is 5. The molecule has 0 atom stereocenters. The molecule has 1 amide bonds. The minimum Gasteiger partial charge on any atom is -0.466 e. The summed E-state index contributed by atoms with van der Waals surface area (Å²) >= 11 is 0. The van der Waals surface area contributed by atoms with Gasteiger partial charge < -0.3 is 25.1 Å². The molecule has 3 N–H and O–H groups in total. The molecule has 0 fully saturated rings. The van der Waals surface area contributed by atoms with E-state index < -0.39 is 0 Å². The van der Waals surface area contributed by atoms with E-state index in [9.17, 15) is 9.59 Å². The maximum absolute atomic E-state index is 13.3. The summed E-state index contributed by atoms with van der Waals surface area (Å²) in [5.41, 5.74) is 15.6. The Morgan fingerprint density at radius 3 is 2.73 bits per heavy atom. The van der Waals surface area contributed by atoms with Crippen molar-refractivity contribution in [1.29, 1.82) is 0 Å². The Morgan fingerprint density at radius 2 is 1.90 bits per heavy atom. The molecule has 1 aromatic heterocycles. The number of rotatable bonds is 12. The van der Waals surface area contributed by atoms with Crippen LogP contribution in [-0.2, 0) is 40.4 Å². The molecule has 0 bridgehead atoms. The Hall–Kier alpha value is -3.68. The topological polar surface area (TPSA) is 95.6 Å². The van der Waals surface area contributed by atoms with Crippen molar-refractivity contribution in [3.05, 3.63) is 70.3 Å². The first kappa shape index (κ1) is 27.5. The number of ether oxygens (including phenoxy) is 2. The van der Waals surface area contributed by atoms with Crippen LogP contribution in [0.3, 0.4) is 0 Å². The average Bonchev–Trinajstić information content (AvgIpc) is 3.63. The molecule has 2 heterocycles. The fourth-order valence-corrected chi connectivity index (χ4v) is 6.48. The lowest BCUT2D eigenvalue weighted by atomic mass is 9.92. The summed E-state index contributed by atoms with van der Waals surface area (Å²) in [7, 11) is 0. The van der Waals surface area contributed by atoms with Crippen LogP contribution >= 0.6 is 0 Å². The number of carbonyl (C=O) groups excluding carboxylic acids is 2. The fraction of sp³-hybridized carbons (Fsp3) is 0.412. The minimum absolute atomic E-state index is 0.00780. The lowest BCUT2D eigenvalue weighted by Crippen LogP contribution is -2.13. The summed E-state index contributed by atoms with van der Waals surface area (Å²) < 4.78 is 13.9. The van der Waals surface area contributed by atoms with Crippen molar-refractivity contribution in [3.8, 4) is 11.1 Å². The van der Waals surface area contributed by atoms with Gasteiger partial charge in [-0.3, -0.25) is 9.59 Å². The Kier molecular flexibility index (Phi) is 7.82. The standard InChI is InChI=1S/C34H39N3O4/c1-21(2)41-20-22-12-13-28-25(17-22)31-27-19-36-34(39)32(27)30-24-10-6-5-9-23(24)18-26(30)33(31)37(28)15-8-16-40-29(38)11-4-3-7-14-35/h5-6,9-10,12-13,17,21H,3-4,7-8,11,14-16,18-20,35H2,1-2H3,(H,36,39). The van der Waals surface area contributed by atoms with Crippen LogP contribution in [-0.4, -0.2) is 35.7 Å². The second kappa shape index (κ2) is 11.7. The molecule has 214 valence electrons. The first-order valence-electron chi connectivity index (χ1n) is 14.9. The summed E-state index contributed by atoms with van der Waals surface area (Å²) in [5.74, 6) is -0.133. The highest BCUT2D eigenvalue weighted by atomic mass is 16.5. The highest BCUT2D eigenvalue weighted by Crippen LogP contribution is 2.48. The number of aromatic nitrogens is 1. The van der Waals surface area contributed by atoms with E-state index in [0.717, 1.165) is 69.8 Å². The van der Waals surface area contributed by atoms with Gasteiger partial charge in [0.2, 0.25) is 0 Å². The maximum Gasteiger partial charge on any atom is 0.305 e. The summed E-state index contributed by atoms with van der Waals surface area (Å²) in [5, 5.41) is 5.42. The van der Waals surface area contributed by atoms with Crippen molar-refractivity contribution in [2.24, 2.45) is 5.73 Å². The number of hydrogen-bond donors (Lipinski definition) is 2. The van der Waals surface area contributed by atoms with E-state index in [-0.39, 0.29) is 18.0 Å². The molecule has 7 nitrogen and oxygen atoms in total. The summed E-state index contributed by atoms with van der Waals surface area (Å²) in [4.78, 5) is 25.5. The predicted octanol–water partition coefficient (Wildman–Crippen LogP) is 5.99. The molecule has 0 radical (unpaired) electrons. The van der Waals surface area contributed by atoms with Gasteiger partial charge in [0, 0.05) is 47.8 Å². The molecule has 41 heavy (non-hydrogen) atoms. The van der Waals surface area contributed by atoms with E-state index in [4.69, 9.17) is 15.2 Å². The Morgan fingerprint density at radius 1 is 1.05 bits per heavy atom. The van der Waals surface area contributed by atoms with E-state index in [0.29, 0.717) is 45.7 Å². The predicted molar refractivity (Wildman–Crippen MR) is 162 cm³/mol. The normalized spacial score (nSPS) is 13.6. The molecule has 6 rings (SSSR count). The number of nitrogens with zero attached hydrogens (tertiary/aromatic N) is 1. The summed E-state index contributed by atoms with van der Waals surface area (Å²) in [6.45, 7) is 6.90. The molecule has 0 saturated carbocycles. The van der Waals surface area contributed by atoms with Gasteiger partial charge in [-0.1, -0.05) is 36.8 Å². The van der Waals surface area contributed by atoms with E-state index in [1.54, 1.807) is 0 Å². The molecule has 0 saturated heterocycles. The minimum atomic E-state index is -0.141. The number of unbranched alkanes of at least 4 members (excludes halogenated alkanes) is 2. The number of aryl methyl sites for hydroxylation is 1. The SMILES string of the molecule is CC(C)OCc1ccc2c(c1)c1c3c(c4c(c1n2CCCOC(=O)CCCCCN)Cc1ccccc1-4)C(=O)NC3. The smallest absolute Gasteiger partial charge is 0.305 e. The van der Waals surface area contributed by atoms with Gasteiger partial charge in [0.15, 0.2) is 0 Å². The monoisotopic (exact) mass is 553 g/mol. The molecule has 1 aliphatic heterocycles. The van der Waals surface area contributed by atoms with Crippen LogP contribution in [0.2, 0.25) is 0 Å². The third kappa shape index (κ3) is 5.13. The van der Waals surface area contributed by atoms with Crippen LogP contribution in [0.4, 0.5) is 0 Å². The highest BCUT2D eigenvalue weighted by molar-refractivity contribution is 6.20. The molecule has 1 aliphatic carbocycles. The van der Waals surface area contributed by atoms with Gasteiger partial charge in [0.1, 0.15) is 0 Å². The molecule has 2 aliphatic rings.